The quantitative estimate of drug-likeness (QED) is 0.676. The smallest absolute Gasteiger partial charge is 0.163 e. The third-order valence-electron chi connectivity index (χ3n) is 2.45. The van der Waals surface area contributed by atoms with Crippen molar-refractivity contribution in [1.82, 2.24) is 15.0 Å². The second-order valence-electron chi connectivity index (χ2n) is 3.59. The Kier molecular flexibility index (Phi) is 2.50. The predicted molar refractivity (Wildman–Crippen MR) is 69.3 cm³/mol. The maximum absolute atomic E-state index is 6.09. The number of halogens is 2. The van der Waals surface area contributed by atoms with E-state index in [9.17, 15) is 0 Å². The van der Waals surface area contributed by atoms with Crippen molar-refractivity contribution < 1.29 is 0 Å². The van der Waals surface area contributed by atoms with E-state index >= 15 is 0 Å². The molecule has 0 saturated heterocycles. The van der Waals surface area contributed by atoms with Gasteiger partial charge in [-0.1, -0.05) is 35.3 Å². The van der Waals surface area contributed by atoms with Crippen molar-refractivity contribution in [3.05, 3.63) is 46.7 Å². The Labute approximate surface area is 107 Å². The molecule has 17 heavy (non-hydrogen) atoms. The van der Waals surface area contributed by atoms with Gasteiger partial charge in [0.05, 0.1) is 5.39 Å². The number of H-pyrrole nitrogens is 1. The van der Waals surface area contributed by atoms with Gasteiger partial charge in [0.15, 0.2) is 5.82 Å². The van der Waals surface area contributed by atoms with E-state index in [1.807, 2.05) is 24.3 Å². The van der Waals surface area contributed by atoms with Crippen LogP contribution in [-0.2, 0) is 0 Å². The van der Waals surface area contributed by atoms with Crippen molar-refractivity contribution in [2.24, 2.45) is 0 Å². The molecule has 3 aromatic rings. The van der Waals surface area contributed by atoms with E-state index in [-0.39, 0.29) is 0 Å². The Morgan fingerprint density at radius 2 is 1.94 bits per heavy atom. The van der Waals surface area contributed by atoms with Crippen LogP contribution in [0.1, 0.15) is 0 Å². The molecule has 2 aromatic heterocycles. The third-order valence-corrected chi connectivity index (χ3v) is 2.98. The standard InChI is InChI=1S/C12H7Cl2N3/c13-8-3-1-2-7(6-8)11-16-10(14)9-4-5-15-12(9)17-11/h1-6H,(H,15,16,17). The fraction of sp³-hybridized carbons (Fsp3) is 0. The first-order chi connectivity index (χ1) is 8.24. The summed E-state index contributed by atoms with van der Waals surface area (Å²) < 4.78 is 0. The molecule has 0 aliphatic carbocycles. The van der Waals surface area contributed by atoms with Crippen LogP contribution in [0.25, 0.3) is 22.4 Å². The largest absolute Gasteiger partial charge is 0.346 e. The molecule has 84 valence electrons. The molecule has 0 aliphatic rings. The predicted octanol–water partition coefficient (Wildman–Crippen LogP) is 3.93. The molecule has 0 saturated carbocycles. The van der Waals surface area contributed by atoms with Gasteiger partial charge in [-0.05, 0) is 18.2 Å². The summed E-state index contributed by atoms with van der Waals surface area (Å²) in [5.41, 5.74) is 1.57. The van der Waals surface area contributed by atoms with Gasteiger partial charge in [0, 0.05) is 16.8 Å². The van der Waals surface area contributed by atoms with Crippen LogP contribution in [0.2, 0.25) is 10.2 Å². The van der Waals surface area contributed by atoms with Gasteiger partial charge >= 0.3 is 0 Å². The number of fused-ring (bicyclic) bond motifs is 1. The van der Waals surface area contributed by atoms with Gasteiger partial charge < -0.3 is 4.98 Å². The summed E-state index contributed by atoms with van der Waals surface area (Å²) in [7, 11) is 0. The molecule has 0 bridgehead atoms. The van der Waals surface area contributed by atoms with Crippen LogP contribution < -0.4 is 0 Å². The lowest BCUT2D eigenvalue weighted by atomic mass is 10.2. The summed E-state index contributed by atoms with van der Waals surface area (Å²) >= 11 is 12.0. The number of hydrogen-bond acceptors (Lipinski definition) is 2. The van der Waals surface area contributed by atoms with Gasteiger partial charge in [0.25, 0.3) is 0 Å². The monoisotopic (exact) mass is 263 g/mol. The summed E-state index contributed by atoms with van der Waals surface area (Å²) in [5, 5.41) is 1.90. The van der Waals surface area contributed by atoms with E-state index in [4.69, 9.17) is 23.2 Å². The molecule has 3 rings (SSSR count). The molecule has 0 atom stereocenters. The first-order valence-corrected chi connectivity index (χ1v) is 5.76. The average Bonchev–Trinajstić information content (AvgIpc) is 2.77. The molecule has 0 spiro atoms. The lowest BCUT2D eigenvalue weighted by molar-refractivity contribution is 1.21. The molecule has 5 heteroatoms. The van der Waals surface area contributed by atoms with E-state index < -0.39 is 0 Å². The van der Waals surface area contributed by atoms with Crippen LogP contribution in [0, 0.1) is 0 Å². The van der Waals surface area contributed by atoms with Crippen LogP contribution in [0.15, 0.2) is 36.5 Å². The van der Waals surface area contributed by atoms with Gasteiger partial charge in [0.1, 0.15) is 10.8 Å². The minimum atomic E-state index is 0.436. The average molecular weight is 264 g/mol. The Balaban J connectivity index is 2.23. The van der Waals surface area contributed by atoms with E-state index in [0.717, 1.165) is 16.6 Å². The first kappa shape index (κ1) is 10.6. The maximum Gasteiger partial charge on any atom is 0.163 e. The molecular weight excluding hydrogens is 257 g/mol. The lowest BCUT2D eigenvalue weighted by Gasteiger charge is -2.02. The van der Waals surface area contributed by atoms with Gasteiger partial charge in [-0.15, -0.1) is 0 Å². The molecule has 0 radical (unpaired) electrons. The van der Waals surface area contributed by atoms with Crippen molar-refractivity contribution in [3.63, 3.8) is 0 Å². The topological polar surface area (TPSA) is 41.6 Å². The van der Waals surface area contributed by atoms with Crippen LogP contribution in [0.5, 0.6) is 0 Å². The zero-order valence-electron chi connectivity index (χ0n) is 8.61. The molecule has 0 aliphatic heterocycles. The highest BCUT2D eigenvalue weighted by atomic mass is 35.5. The highest BCUT2D eigenvalue weighted by molar-refractivity contribution is 6.34. The lowest BCUT2D eigenvalue weighted by Crippen LogP contribution is -1.90. The summed E-state index contributed by atoms with van der Waals surface area (Å²) in [6.45, 7) is 0. The molecule has 0 amide bonds. The van der Waals surface area contributed by atoms with E-state index in [2.05, 4.69) is 15.0 Å². The number of rotatable bonds is 1. The fourth-order valence-corrected chi connectivity index (χ4v) is 2.08. The number of benzene rings is 1. The highest BCUT2D eigenvalue weighted by Gasteiger charge is 2.08. The molecule has 1 N–H and O–H groups in total. The Morgan fingerprint density at radius 3 is 2.76 bits per heavy atom. The maximum atomic E-state index is 6.09. The van der Waals surface area contributed by atoms with Crippen LogP contribution in [0.4, 0.5) is 0 Å². The van der Waals surface area contributed by atoms with Crippen LogP contribution in [0.3, 0.4) is 0 Å². The van der Waals surface area contributed by atoms with Crippen molar-refractivity contribution >= 4 is 34.2 Å². The first-order valence-electron chi connectivity index (χ1n) is 5.00. The van der Waals surface area contributed by atoms with Gasteiger partial charge in [-0.3, -0.25) is 0 Å². The minimum absolute atomic E-state index is 0.436. The number of nitrogens with zero attached hydrogens (tertiary/aromatic N) is 2. The molecule has 0 fully saturated rings. The summed E-state index contributed by atoms with van der Waals surface area (Å²) in [5.74, 6) is 0.562. The summed E-state index contributed by atoms with van der Waals surface area (Å²) in [6, 6.07) is 9.21. The second kappa shape index (κ2) is 4.02. The normalized spacial score (nSPS) is 10.9. The van der Waals surface area contributed by atoms with Gasteiger partial charge in [0.2, 0.25) is 0 Å². The number of aromatic amines is 1. The summed E-state index contributed by atoms with van der Waals surface area (Å²) in [6.07, 6.45) is 1.78. The van der Waals surface area contributed by atoms with E-state index in [1.54, 1.807) is 12.3 Å². The zero-order valence-corrected chi connectivity index (χ0v) is 10.1. The SMILES string of the molecule is Clc1cccc(-c2nc(Cl)c3cc[nH]c3n2)c1. The van der Waals surface area contributed by atoms with Crippen molar-refractivity contribution in [2.75, 3.05) is 0 Å². The van der Waals surface area contributed by atoms with Gasteiger partial charge in [-0.25, -0.2) is 9.97 Å². The number of hydrogen-bond donors (Lipinski definition) is 1. The molecule has 2 heterocycles. The summed E-state index contributed by atoms with van der Waals surface area (Å²) in [4.78, 5) is 11.7. The molecule has 0 unspecified atom stereocenters. The zero-order chi connectivity index (χ0) is 11.8. The highest BCUT2D eigenvalue weighted by Crippen LogP contribution is 2.25. The van der Waals surface area contributed by atoms with Crippen molar-refractivity contribution in [3.8, 4) is 11.4 Å². The Bertz CT molecular complexity index is 691. The Morgan fingerprint density at radius 1 is 1.06 bits per heavy atom. The molecule has 3 nitrogen and oxygen atoms in total. The molecule has 1 aromatic carbocycles. The van der Waals surface area contributed by atoms with E-state index in [1.165, 1.54) is 0 Å². The minimum Gasteiger partial charge on any atom is -0.346 e. The number of nitrogens with one attached hydrogen (secondary N) is 1. The number of aromatic nitrogens is 3. The third kappa shape index (κ3) is 1.88. The Hall–Kier alpha value is -1.58. The van der Waals surface area contributed by atoms with Crippen LogP contribution in [-0.4, -0.2) is 15.0 Å². The second-order valence-corrected chi connectivity index (χ2v) is 4.38. The molecular formula is C12H7Cl2N3. The fourth-order valence-electron chi connectivity index (χ4n) is 1.66. The van der Waals surface area contributed by atoms with Crippen molar-refractivity contribution in [1.29, 1.82) is 0 Å². The van der Waals surface area contributed by atoms with Crippen LogP contribution >= 0.6 is 23.2 Å². The van der Waals surface area contributed by atoms with E-state index in [0.29, 0.717) is 16.0 Å². The van der Waals surface area contributed by atoms with Gasteiger partial charge in [-0.2, -0.15) is 0 Å². The van der Waals surface area contributed by atoms with Crippen molar-refractivity contribution in [2.45, 2.75) is 0 Å².